The van der Waals surface area contributed by atoms with Crippen LogP contribution < -0.4 is 10.5 Å². The molecule has 1 heterocycles. The number of aromatic hydroxyl groups is 2. The summed E-state index contributed by atoms with van der Waals surface area (Å²) in [6.07, 6.45) is 1.81. The molecule has 0 spiro atoms. The maximum atomic E-state index is 13.7. The van der Waals surface area contributed by atoms with Gasteiger partial charge in [0, 0.05) is 29.9 Å². The Morgan fingerprint density at radius 2 is 1.67 bits per heavy atom. The number of unbranched alkanes of at least 4 members (excludes halogenated alkanes) is 1. The van der Waals surface area contributed by atoms with Crippen LogP contribution in [0, 0.1) is 7.14 Å². The molecule has 0 aliphatic heterocycles. The maximum Gasteiger partial charge on any atom is 0.217 e. The maximum absolute atomic E-state index is 13.7. The highest BCUT2D eigenvalue weighted by atomic mass is 127. The number of rotatable bonds is 10. The van der Waals surface area contributed by atoms with E-state index >= 15 is 0 Å². The first-order valence-electron chi connectivity index (χ1n) is 11.2. The van der Waals surface area contributed by atoms with Gasteiger partial charge in [0.05, 0.1) is 12.7 Å². The lowest BCUT2D eigenvalue weighted by Gasteiger charge is -2.09. The van der Waals surface area contributed by atoms with Gasteiger partial charge in [-0.1, -0.05) is 30.3 Å². The van der Waals surface area contributed by atoms with Crippen molar-refractivity contribution in [1.29, 1.82) is 0 Å². The van der Waals surface area contributed by atoms with Gasteiger partial charge in [-0.3, -0.25) is 9.59 Å². The second kappa shape index (κ2) is 11.5. The van der Waals surface area contributed by atoms with Crippen LogP contribution in [0.2, 0.25) is 0 Å². The molecule has 9 heteroatoms. The summed E-state index contributed by atoms with van der Waals surface area (Å²) < 4.78 is 13.0. The van der Waals surface area contributed by atoms with Crippen LogP contribution in [-0.2, 0) is 17.8 Å². The molecule has 36 heavy (non-hydrogen) atoms. The molecule has 1 amide bonds. The number of hydrogen-bond donors (Lipinski definition) is 3. The van der Waals surface area contributed by atoms with Crippen molar-refractivity contribution in [2.75, 3.05) is 0 Å². The number of ketones is 1. The molecule has 0 bridgehead atoms. The van der Waals surface area contributed by atoms with Gasteiger partial charge in [0.1, 0.15) is 23.7 Å². The van der Waals surface area contributed by atoms with E-state index in [4.69, 9.17) is 14.9 Å². The van der Waals surface area contributed by atoms with E-state index in [1.165, 1.54) is 6.07 Å². The van der Waals surface area contributed by atoms with Crippen molar-refractivity contribution in [3.63, 3.8) is 0 Å². The molecule has 7 nitrogen and oxygen atoms in total. The predicted octanol–water partition coefficient (Wildman–Crippen LogP) is 6.06. The second-order valence-electron chi connectivity index (χ2n) is 8.28. The normalized spacial score (nSPS) is 11.1. The van der Waals surface area contributed by atoms with E-state index in [0.29, 0.717) is 54.3 Å². The first kappa shape index (κ1) is 26.3. The highest BCUT2D eigenvalue weighted by Crippen LogP contribution is 2.38. The molecule has 0 radical (unpaired) electrons. The third kappa shape index (κ3) is 5.94. The fourth-order valence-corrected chi connectivity index (χ4v) is 5.63. The van der Waals surface area contributed by atoms with Crippen LogP contribution in [0.4, 0.5) is 0 Å². The number of carbonyl (C=O) groups excluding carboxylic acids is 2. The molecule has 0 saturated heterocycles. The van der Waals surface area contributed by atoms with Gasteiger partial charge < -0.3 is 25.1 Å². The van der Waals surface area contributed by atoms with Crippen molar-refractivity contribution in [3.05, 3.63) is 84.2 Å². The average Bonchev–Trinajstić information content (AvgIpc) is 3.20. The van der Waals surface area contributed by atoms with Gasteiger partial charge in [-0.15, -0.1) is 0 Å². The molecule has 4 rings (SSSR count). The number of phenolic OH excluding ortho intramolecular Hbond substituents is 2. The van der Waals surface area contributed by atoms with E-state index in [1.54, 1.807) is 18.2 Å². The molecule has 0 atom stereocenters. The molecule has 0 aliphatic rings. The van der Waals surface area contributed by atoms with Gasteiger partial charge in [0.2, 0.25) is 5.91 Å². The van der Waals surface area contributed by atoms with Crippen LogP contribution in [0.3, 0.4) is 0 Å². The SMILES string of the molecule is NC(=O)CCCCc1oc2cc(OCc3ccccc3)c(O)cc2c1C(=O)c1cc(I)c(O)c(I)c1. The van der Waals surface area contributed by atoms with Crippen molar-refractivity contribution in [2.45, 2.75) is 32.3 Å². The molecule has 186 valence electrons. The number of ether oxygens (including phenoxy) is 1. The number of benzene rings is 3. The van der Waals surface area contributed by atoms with Gasteiger partial charge in [-0.05, 0) is 81.8 Å². The zero-order chi connectivity index (χ0) is 25.8. The summed E-state index contributed by atoms with van der Waals surface area (Å²) in [6.45, 7) is 0.261. The number of nitrogens with two attached hydrogens (primary N) is 1. The van der Waals surface area contributed by atoms with Crippen molar-refractivity contribution in [2.24, 2.45) is 5.73 Å². The Morgan fingerprint density at radius 3 is 2.33 bits per heavy atom. The number of carbonyl (C=O) groups is 2. The number of halogens is 2. The van der Waals surface area contributed by atoms with E-state index in [1.807, 2.05) is 75.5 Å². The summed E-state index contributed by atoms with van der Waals surface area (Å²) in [7, 11) is 0. The van der Waals surface area contributed by atoms with Crippen LogP contribution in [0.25, 0.3) is 11.0 Å². The molecule has 0 aliphatic carbocycles. The molecular weight excluding hydrogens is 688 g/mol. The van der Waals surface area contributed by atoms with E-state index in [-0.39, 0.29) is 42.0 Å². The number of furan rings is 1. The summed E-state index contributed by atoms with van der Waals surface area (Å²) in [5, 5.41) is 21.3. The fourth-order valence-electron chi connectivity index (χ4n) is 3.87. The third-order valence-corrected chi connectivity index (χ3v) is 7.31. The van der Waals surface area contributed by atoms with Crippen LogP contribution in [0.1, 0.15) is 46.5 Å². The Morgan fingerprint density at radius 1 is 0.972 bits per heavy atom. The monoisotopic (exact) mass is 711 g/mol. The summed E-state index contributed by atoms with van der Waals surface area (Å²) in [6, 6.07) is 15.9. The first-order valence-corrected chi connectivity index (χ1v) is 13.4. The van der Waals surface area contributed by atoms with Gasteiger partial charge in [0.25, 0.3) is 0 Å². The zero-order valence-electron chi connectivity index (χ0n) is 19.1. The quantitative estimate of drug-likeness (QED) is 0.105. The minimum Gasteiger partial charge on any atom is -0.506 e. The van der Waals surface area contributed by atoms with E-state index in [2.05, 4.69) is 0 Å². The predicted molar refractivity (Wildman–Crippen MR) is 152 cm³/mol. The molecule has 0 unspecified atom stereocenters. The Balaban J connectivity index is 1.72. The summed E-state index contributed by atoms with van der Waals surface area (Å²) in [5.41, 5.74) is 7.34. The smallest absolute Gasteiger partial charge is 0.217 e. The Bertz CT molecular complexity index is 1410. The molecule has 0 fully saturated rings. The van der Waals surface area contributed by atoms with Gasteiger partial charge in [-0.25, -0.2) is 0 Å². The summed E-state index contributed by atoms with van der Waals surface area (Å²) in [5.74, 6) is 0.0455. The minimum absolute atomic E-state index is 0.108. The van der Waals surface area contributed by atoms with Crippen molar-refractivity contribution >= 4 is 67.8 Å². The van der Waals surface area contributed by atoms with Crippen molar-refractivity contribution in [1.82, 2.24) is 0 Å². The Hall–Kier alpha value is -2.80. The molecule has 3 aromatic carbocycles. The van der Waals surface area contributed by atoms with Crippen LogP contribution in [-0.4, -0.2) is 21.9 Å². The lowest BCUT2D eigenvalue weighted by atomic mass is 9.97. The number of fused-ring (bicyclic) bond motifs is 1. The lowest BCUT2D eigenvalue weighted by molar-refractivity contribution is -0.118. The Kier molecular flexibility index (Phi) is 8.39. The van der Waals surface area contributed by atoms with Crippen LogP contribution in [0.15, 0.2) is 59.0 Å². The van der Waals surface area contributed by atoms with Crippen LogP contribution >= 0.6 is 45.2 Å². The van der Waals surface area contributed by atoms with E-state index in [9.17, 15) is 19.8 Å². The van der Waals surface area contributed by atoms with Gasteiger partial charge in [0.15, 0.2) is 17.3 Å². The van der Waals surface area contributed by atoms with Crippen LogP contribution in [0.5, 0.6) is 17.2 Å². The summed E-state index contributed by atoms with van der Waals surface area (Å²) in [4.78, 5) is 24.8. The Labute approximate surface area is 234 Å². The molecule has 1 aromatic heterocycles. The standard InChI is InChI=1S/C27H23I2NO6/c28-18-10-16(11-19(29)27(18)34)26(33)25-17-12-20(31)23(35-14-15-6-2-1-3-7-15)13-22(17)36-21(25)8-4-5-9-24(30)32/h1-3,6-7,10-13,31,34H,4-5,8-9,14H2,(H2,30,32). The number of aryl methyl sites for hydroxylation is 1. The average molecular weight is 711 g/mol. The second-order valence-corrected chi connectivity index (χ2v) is 10.6. The molecular formula is C27H23I2NO6. The topological polar surface area (TPSA) is 123 Å². The zero-order valence-corrected chi connectivity index (χ0v) is 23.4. The van der Waals surface area contributed by atoms with Gasteiger partial charge in [-0.2, -0.15) is 0 Å². The molecule has 0 saturated carbocycles. The molecule has 4 aromatic rings. The first-order chi connectivity index (χ1) is 17.2. The highest BCUT2D eigenvalue weighted by molar-refractivity contribution is 14.1. The van der Waals surface area contributed by atoms with E-state index < -0.39 is 0 Å². The third-order valence-electron chi connectivity index (χ3n) is 5.66. The number of phenols is 2. The fraction of sp³-hybridized carbons (Fsp3) is 0.185. The number of amides is 1. The van der Waals surface area contributed by atoms with E-state index in [0.717, 1.165) is 5.56 Å². The van der Waals surface area contributed by atoms with Crippen molar-refractivity contribution in [3.8, 4) is 17.2 Å². The van der Waals surface area contributed by atoms with Gasteiger partial charge >= 0.3 is 0 Å². The largest absolute Gasteiger partial charge is 0.506 e. The summed E-state index contributed by atoms with van der Waals surface area (Å²) >= 11 is 3.96. The lowest BCUT2D eigenvalue weighted by Crippen LogP contribution is -2.10. The highest BCUT2D eigenvalue weighted by Gasteiger charge is 2.25. The number of hydrogen-bond acceptors (Lipinski definition) is 6. The number of primary amides is 1. The minimum atomic E-state index is -0.380. The molecule has 4 N–H and O–H groups in total. The van der Waals surface area contributed by atoms with Crippen molar-refractivity contribution < 1.29 is 29.0 Å².